The Balaban J connectivity index is 1.73. The van der Waals surface area contributed by atoms with Crippen LogP contribution < -0.4 is 5.32 Å². The predicted molar refractivity (Wildman–Crippen MR) is 107 cm³/mol. The van der Waals surface area contributed by atoms with E-state index in [4.69, 9.17) is 0 Å². The van der Waals surface area contributed by atoms with E-state index in [2.05, 4.69) is 20.3 Å². The van der Waals surface area contributed by atoms with E-state index >= 15 is 0 Å². The van der Waals surface area contributed by atoms with Crippen molar-refractivity contribution < 1.29 is 9.72 Å². The van der Waals surface area contributed by atoms with E-state index in [9.17, 15) is 14.9 Å². The second kappa shape index (κ2) is 7.46. The predicted octanol–water partition coefficient (Wildman–Crippen LogP) is 3.30. The van der Waals surface area contributed by atoms with Crippen LogP contribution in [0.2, 0.25) is 0 Å². The van der Waals surface area contributed by atoms with Crippen molar-refractivity contribution in [2.75, 3.05) is 19.4 Å². The summed E-state index contributed by atoms with van der Waals surface area (Å²) in [5, 5.41) is 14.5. The number of rotatable bonds is 5. The molecule has 3 heterocycles. The lowest BCUT2D eigenvalue weighted by Crippen LogP contribution is -2.25. The maximum atomic E-state index is 12.7. The number of nitrogens with zero attached hydrogens (tertiary/aromatic N) is 6. The second-order valence-corrected chi connectivity index (χ2v) is 7.29. The normalized spacial score (nSPS) is 14.3. The number of nitro groups is 1. The first-order chi connectivity index (χ1) is 13.9. The average molecular weight is 395 g/mol. The summed E-state index contributed by atoms with van der Waals surface area (Å²) in [6, 6.07) is 4.93. The molecule has 1 aliphatic rings. The molecule has 0 atom stereocenters. The van der Waals surface area contributed by atoms with Crippen molar-refractivity contribution in [2.24, 2.45) is 0 Å². The van der Waals surface area contributed by atoms with Crippen molar-refractivity contribution in [1.82, 2.24) is 24.4 Å². The highest BCUT2D eigenvalue weighted by molar-refractivity contribution is 5.97. The molecule has 3 aromatic rings. The number of fused-ring (bicyclic) bond motifs is 1. The smallest absolute Gasteiger partial charge is 0.287 e. The number of aromatic nitrogens is 4. The van der Waals surface area contributed by atoms with E-state index in [1.54, 1.807) is 25.2 Å². The van der Waals surface area contributed by atoms with Gasteiger partial charge in [0.1, 0.15) is 23.4 Å². The molecule has 4 rings (SSSR count). The molecule has 1 amide bonds. The molecule has 0 bridgehead atoms. The van der Waals surface area contributed by atoms with Gasteiger partial charge in [-0.3, -0.25) is 14.9 Å². The Morgan fingerprint density at radius 1 is 1.24 bits per heavy atom. The summed E-state index contributed by atoms with van der Waals surface area (Å²) < 4.78 is 2.03. The van der Waals surface area contributed by atoms with Crippen LogP contribution in [-0.4, -0.2) is 49.3 Å². The molecule has 0 aliphatic heterocycles. The minimum atomic E-state index is -0.503. The lowest BCUT2D eigenvalue weighted by Gasteiger charge is -2.19. The standard InChI is InChI=1S/C19H21N7O3/c1-24(2)18(27)15-9-12-10-21-19(22-16-8-7-14(11-20-16)26(28)29)23-17(12)25(15)13-5-3-4-6-13/h7-11,13H,3-6H2,1-2H3,(H,20,21,22,23). The topological polar surface area (TPSA) is 119 Å². The summed E-state index contributed by atoms with van der Waals surface area (Å²) in [6.45, 7) is 0. The summed E-state index contributed by atoms with van der Waals surface area (Å²) >= 11 is 0. The SMILES string of the molecule is CN(C)C(=O)c1cc2cnc(Nc3ccc([N+](=O)[O-])cn3)nc2n1C1CCCC1. The molecule has 1 N–H and O–H groups in total. The Hall–Kier alpha value is -3.56. The van der Waals surface area contributed by atoms with Crippen molar-refractivity contribution in [3.8, 4) is 0 Å². The molecule has 0 spiro atoms. The minimum Gasteiger partial charge on any atom is -0.343 e. The summed E-state index contributed by atoms with van der Waals surface area (Å²) in [7, 11) is 3.47. The zero-order valence-corrected chi connectivity index (χ0v) is 16.2. The molecule has 1 fully saturated rings. The van der Waals surface area contributed by atoms with Crippen LogP contribution in [0.1, 0.15) is 42.2 Å². The van der Waals surface area contributed by atoms with Crippen LogP contribution in [0.5, 0.6) is 0 Å². The van der Waals surface area contributed by atoms with Gasteiger partial charge in [0.05, 0.1) is 4.92 Å². The van der Waals surface area contributed by atoms with Gasteiger partial charge in [-0.15, -0.1) is 0 Å². The third-order valence-electron chi connectivity index (χ3n) is 5.09. The van der Waals surface area contributed by atoms with E-state index in [1.807, 2.05) is 10.6 Å². The first-order valence-electron chi connectivity index (χ1n) is 9.41. The maximum Gasteiger partial charge on any atom is 0.287 e. The Labute approximate surface area is 166 Å². The van der Waals surface area contributed by atoms with Crippen molar-refractivity contribution in [3.05, 3.63) is 46.4 Å². The van der Waals surface area contributed by atoms with Crippen LogP contribution >= 0.6 is 0 Å². The van der Waals surface area contributed by atoms with Crippen molar-refractivity contribution in [1.29, 1.82) is 0 Å². The molecule has 0 unspecified atom stereocenters. The van der Waals surface area contributed by atoms with Crippen LogP contribution in [-0.2, 0) is 0 Å². The zero-order chi connectivity index (χ0) is 20.5. The lowest BCUT2D eigenvalue weighted by atomic mass is 10.2. The van der Waals surface area contributed by atoms with Gasteiger partial charge in [0, 0.05) is 37.8 Å². The number of nitrogens with one attached hydrogen (secondary N) is 1. The van der Waals surface area contributed by atoms with Gasteiger partial charge in [-0.1, -0.05) is 12.8 Å². The molecule has 150 valence electrons. The number of carbonyl (C=O) groups is 1. The van der Waals surface area contributed by atoms with Crippen molar-refractivity contribution >= 4 is 34.4 Å². The Morgan fingerprint density at radius 3 is 2.62 bits per heavy atom. The van der Waals surface area contributed by atoms with E-state index < -0.39 is 4.92 Å². The van der Waals surface area contributed by atoms with Crippen molar-refractivity contribution in [3.63, 3.8) is 0 Å². The fourth-order valence-electron chi connectivity index (χ4n) is 3.68. The fraction of sp³-hybridized carbons (Fsp3) is 0.368. The fourth-order valence-corrected chi connectivity index (χ4v) is 3.68. The molecule has 0 radical (unpaired) electrons. The molecule has 29 heavy (non-hydrogen) atoms. The Kier molecular flexibility index (Phi) is 4.83. The third kappa shape index (κ3) is 3.60. The number of hydrogen-bond acceptors (Lipinski definition) is 7. The molecular weight excluding hydrogens is 374 g/mol. The van der Waals surface area contributed by atoms with Gasteiger partial charge in [0.2, 0.25) is 5.95 Å². The molecule has 0 aromatic carbocycles. The molecule has 1 aliphatic carbocycles. The van der Waals surface area contributed by atoms with Gasteiger partial charge in [-0.05, 0) is 25.0 Å². The largest absolute Gasteiger partial charge is 0.343 e. The summed E-state index contributed by atoms with van der Waals surface area (Å²) in [4.78, 5) is 37.5. The number of carbonyl (C=O) groups excluding carboxylic acids is 1. The zero-order valence-electron chi connectivity index (χ0n) is 16.2. The summed E-state index contributed by atoms with van der Waals surface area (Å²) in [5.74, 6) is 0.653. The quantitative estimate of drug-likeness (QED) is 0.520. The second-order valence-electron chi connectivity index (χ2n) is 7.29. The van der Waals surface area contributed by atoms with Crippen LogP contribution in [0.25, 0.3) is 11.0 Å². The Morgan fingerprint density at radius 2 is 2.00 bits per heavy atom. The maximum absolute atomic E-state index is 12.7. The number of amides is 1. The number of hydrogen-bond donors (Lipinski definition) is 1. The molecule has 0 saturated heterocycles. The van der Waals surface area contributed by atoms with Crippen LogP contribution in [0.3, 0.4) is 0 Å². The van der Waals surface area contributed by atoms with Gasteiger partial charge in [-0.25, -0.2) is 9.97 Å². The third-order valence-corrected chi connectivity index (χ3v) is 5.09. The highest BCUT2D eigenvalue weighted by atomic mass is 16.6. The first-order valence-corrected chi connectivity index (χ1v) is 9.41. The van der Waals surface area contributed by atoms with Gasteiger partial charge in [0.25, 0.3) is 11.6 Å². The van der Waals surface area contributed by atoms with Crippen LogP contribution in [0.4, 0.5) is 17.5 Å². The summed E-state index contributed by atoms with van der Waals surface area (Å²) in [5.41, 5.74) is 1.21. The lowest BCUT2D eigenvalue weighted by molar-refractivity contribution is -0.385. The van der Waals surface area contributed by atoms with Gasteiger partial charge >= 0.3 is 0 Å². The average Bonchev–Trinajstić information content (AvgIpc) is 3.34. The molecule has 1 saturated carbocycles. The highest BCUT2D eigenvalue weighted by Crippen LogP contribution is 2.34. The molecule has 10 heteroatoms. The van der Waals surface area contributed by atoms with Gasteiger partial charge in [-0.2, -0.15) is 4.98 Å². The monoisotopic (exact) mass is 395 g/mol. The van der Waals surface area contributed by atoms with Gasteiger partial charge in [0.15, 0.2) is 0 Å². The number of anilines is 2. The Bertz CT molecular complexity index is 1070. The first kappa shape index (κ1) is 18.8. The van der Waals surface area contributed by atoms with E-state index in [0.29, 0.717) is 23.1 Å². The molecular formula is C19H21N7O3. The number of pyridine rings is 1. The van der Waals surface area contributed by atoms with E-state index in [1.165, 1.54) is 18.3 Å². The van der Waals surface area contributed by atoms with Crippen LogP contribution in [0.15, 0.2) is 30.6 Å². The minimum absolute atomic E-state index is 0.0681. The van der Waals surface area contributed by atoms with Crippen molar-refractivity contribution in [2.45, 2.75) is 31.7 Å². The van der Waals surface area contributed by atoms with E-state index in [0.717, 1.165) is 31.1 Å². The molecule has 10 nitrogen and oxygen atoms in total. The van der Waals surface area contributed by atoms with E-state index in [-0.39, 0.29) is 17.6 Å². The summed E-state index contributed by atoms with van der Waals surface area (Å²) in [6.07, 6.45) is 7.12. The van der Waals surface area contributed by atoms with Gasteiger partial charge < -0.3 is 14.8 Å². The molecule has 3 aromatic heterocycles. The highest BCUT2D eigenvalue weighted by Gasteiger charge is 2.26. The van der Waals surface area contributed by atoms with Crippen LogP contribution in [0, 0.1) is 10.1 Å².